The van der Waals surface area contributed by atoms with Crippen LogP contribution in [-0.4, -0.2) is 26.3 Å². The maximum absolute atomic E-state index is 11.0. The molecule has 1 aromatic heterocycles. The van der Waals surface area contributed by atoms with E-state index in [9.17, 15) is 4.79 Å². The number of aromatic nitrogens is 3. The van der Waals surface area contributed by atoms with Crippen molar-refractivity contribution < 1.29 is 4.79 Å². The van der Waals surface area contributed by atoms with Gasteiger partial charge in [0, 0.05) is 12.6 Å². The molecule has 2 aromatic rings. The summed E-state index contributed by atoms with van der Waals surface area (Å²) in [4.78, 5) is 11.0. The third kappa shape index (κ3) is 3.01. The van der Waals surface area contributed by atoms with Crippen molar-refractivity contribution in [2.45, 2.75) is 12.1 Å². The highest BCUT2D eigenvalue weighted by Crippen LogP contribution is 2.23. The van der Waals surface area contributed by atoms with E-state index in [0.717, 1.165) is 5.56 Å². The molecule has 0 spiro atoms. The van der Waals surface area contributed by atoms with E-state index < -0.39 is 0 Å². The first-order valence-corrected chi connectivity index (χ1v) is 6.62. The number of hydrogen-bond acceptors (Lipinski definition) is 5. The van der Waals surface area contributed by atoms with Crippen molar-refractivity contribution in [2.24, 2.45) is 7.05 Å². The number of carbonyl (C=O) groups excluding carboxylic acids is 1. The quantitative estimate of drug-likeness (QED) is 0.796. The second kappa shape index (κ2) is 5.67. The first kappa shape index (κ1) is 13.3. The molecule has 1 heterocycles. The Morgan fingerprint density at radius 3 is 2.95 bits per heavy atom. The molecule has 0 unspecified atom stereocenters. The minimum absolute atomic E-state index is 0.0982. The number of rotatable bonds is 4. The summed E-state index contributed by atoms with van der Waals surface area (Å²) in [7, 11) is 1.84. The van der Waals surface area contributed by atoms with E-state index >= 15 is 0 Å². The smallest absolute Gasteiger partial charge is 0.191 e. The molecule has 6 heteroatoms. The molecule has 0 aliphatic rings. The molecule has 96 valence electrons. The number of thioether (sulfide) groups is 1. The highest BCUT2D eigenvalue weighted by atomic mass is 32.2. The lowest BCUT2D eigenvalue weighted by molar-refractivity contribution is -0.114. The molecule has 0 saturated heterocycles. The highest BCUT2D eigenvalue weighted by molar-refractivity contribution is 7.99. The van der Waals surface area contributed by atoms with E-state index in [1.165, 1.54) is 11.8 Å². The minimum Gasteiger partial charge on any atom is -0.305 e. The van der Waals surface area contributed by atoms with Crippen molar-refractivity contribution in [3.8, 4) is 17.5 Å². The molecule has 0 fully saturated rings. The largest absolute Gasteiger partial charge is 0.305 e. The van der Waals surface area contributed by atoms with E-state index in [4.69, 9.17) is 5.26 Å². The molecular weight excluding hydrogens is 260 g/mol. The Balaban J connectivity index is 2.31. The summed E-state index contributed by atoms with van der Waals surface area (Å²) in [5, 5.41) is 17.8. The molecule has 0 radical (unpaired) electrons. The Bertz CT molecular complexity index is 657. The van der Waals surface area contributed by atoms with Gasteiger partial charge in [-0.3, -0.25) is 4.79 Å². The summed E-state index contributed by atoms with van der Waals surface area (Å²) in [5.74, 6) is 1.16. The fraction of sp³-hybridized carbons (Fsp3) is 0.231. The first-order chi connectivity index (χ1) is 9.11. The highest BCUT2D eigenvalue weighted by Gasteiger charge is 2.12. The van der Waals surface area contributed by atoms with Crippen LogP contribution in [-0.2, 0) is 11.8 Å². The summed E-state index contributed by atoms with van der Waals surface area (Å²) >= 11 is 1.36. The monoisotopic (exact) mass is 272 g/mol. The summed E-state index contributed by atoms with van der Waals surface area (Å²) in [6.07, 6.45) is 0. The SMILES string of the molecule is CC(=O)CSc1nnc(-c2cccc(C#N)c2)n1C. The van der Waals surface area contributed by atoms with Crippen LogP contribution in [0.2, 0.25) is 0 Å². The van der Waals surface area contributed by atoms with E-state index in [0.29, 0.717) is 22.3 Å². The maximum Gasteiger partial charge on any atom is 0.191 e. The van der Waals surface area contributed by atoms with Gasteiger partial charge >= 0.3 is 0 Å². The number of ketones is 1. The van der Waals surface area contributed by atoms with Crippen LogP contribution >= 0.6 is 11.8 Å². The van der Waals surface area contributed by atoms with Crippen molar-refractivity contribution in [3.63, 3.8) is 0 Å². The van der Waals surface area contributed by atoms with Gasteiger partial charge in [-0.1, -0.05) is 23.9 Å². The summed E-state index contributed by atoms with van der Waals surface area (Å²) < 4.78 is 1.82. The van der Waals surface area contributed by atoms with Gasteiger partial charge in [0.25, 0.3) is 0 Å². The lowest BCUT2D eigenvalue weighted by Crippen LogP contribution is -1.98. The molecule has 0 bridgehead atoms. The van der Waals surface area contributed by atoms with Crippen LogP contribution < -0.4 is 0 Å². The van der Waals surface area contributed by atoms with Crippen molar-refractivity contribution in [1.29, 1.82) is 5.26 Å². The minimum atomic E-state index is 0.0982. The second-order valence-electron chi connectivity index (χ2n) is 4.05. The number of benzene rings is 1. The van der Waals surface area contributed by atoms with Crippen molar-refractivity contribution in [3.05, 3.63) is 29.8 Å². The van der Waals surface area contributed by atoms with Crippen LogP contribution in [0.3, 0.4) is 0 Å². The lowest BCUT2D eigenvalue weighted by Gasteiger charge is -2.03. The van der Waals surface area contributed by atoms with E-state index in [1.54, 1.807) is 19.1 Å². The molecule has 19 heavy (non-hydrogen) atoms. The standard InChI is InChI=1S/C13H12N4OS/c1-9(18)8-19-13-16-15-12(17(13)2)11-5-3-4-10(6-11)7-14/h3-6H,8H2,1-2H3. The number of nitrogens with zero attached hydrogens (tertiary/aromatic N) is 4. The summed E-state index contributed by atoms with van der Waals surface area (Å²) in [6.45, 7) is 1.54. The molecule has 0 N–H and O–H groups in total. The fourth-order valence-corrected chi connectivity index (χ4v) is 2.30. The molecule has 0 atom stereocenters. The predicted octanol–water partition coefficient (Wildman–Crippen LogP) is 2.03. The van der Waals surface area contributed by atoms with Gasteiger partial charge in [0.15, 0.2) is 11.0 Å². The molecular formula is C13H12N4OS. The Hall–Kier alpha value is -2.13. The van der Waals surface area contributed by atoms with Gasteiger partial charge in [-0.15, -0.1) is 10.2 Å². The Morgan fingerprint density at radius 1 is 1.47 bits per heavy atom. The molecule has 0 amide bonds. The third-order valence-corrected chi connectivity index (χ3v) is 3.65. The van der Waals surface area contributed by atoms with Gasteiger partial charge in [-0.05, 0) is 19.1 Å². The van der Waals surface area contributed by atoms with Crippen molar-refractivity contribution >= 4 is 17.5 Å². The maximum atomic E-state index is 11.0. The second-order valence-corrected chi connectivity index (χ2v) is 4.99. The summed E-state index contributed by atoms with van der Waals surface area (Å²) in [6, 6.07) is 9.29. The number of nitriles is 1. The zero-order valence-corrected chi connectivity index (χ0v) is 11.4. The van der Waals surface area contributed by atoms with Crippen molar-refractivity contribution in [1.82, 2.24) is 14.8 Å². The van der Waals surface area contributed by atoms with Crippen LogP contribution in [0.1, 0.15) is 12.5 Å². The zero-order chi connectivity index (χ0) is 13.8. The molecule has 5 nitrogen and oxygen atoms in total. The van der Waals surface area contributed by atoms with Crippen LogP contribution in [0, 0.1) is 11.3 Å². The molecule has 2 rings (SSSR count). The van der Waals surface area contributed by atoms with E-state index in [2.05, 4.69) is 16.3 Å². The van der Waals surface area contributed by atoms with Gasteiger partial charge in [0.1, 0.15) is 5.78 Å². The topological polar surface area (TPSA) is 71.6 Å². The molecule has 0 aliphatic heterocycles. The number of Topliss-reactive ketones (excluding diaryl/α,β-unsaturated/α-hetero) is 1. The fourth-order valence-electron chi connectivity index (χ4n) is 1.59. The van der Waals surface area contributed by atoms with Crippen LogP contribution in [0.15, 0.2) is 29.4 Å². The molecule has 0 saturated carbocycles. The Kier molecular flexibility index (Phi) is 3.97. The average molecular weight is 272 g/mol. The van der Waals surface area contributed by atoms with Gasteiger partial charge in [0.2, 0.25) is 0 Å². The summed E-state index contributed by atoms with van der Waals surface area (Å²) in [5.41, 5.74) is 1.42. The zero-order valence-electron chi connectivity index (χ0n) is 10.6. The Labute approximate surface area is 115 Å². The number of hydrogen-bond donors (Lipinski definition) is 0. The Morgan fingerprint density at radius 2 is 2.26 bits per heavy atom. The van der Waals surface area contributed by atoms with Gasteiger partial charge in [0.05, 0.1) is 17.4 Å². The van der Waals surface area contributed by atoms with Gasteiger partial charge in [-0.2, -0.15) is 5.26 Å². The van der Waals surface area contributed by atoms with E-state index in [1.807, 2.05) is 23.7 Å². The van der Waals surface area contributed by atoms with Gasteiger partial charge < -0.3 is 4.57 Å². The van der Waals surface area contributed by atoms with Crippen LogP contribution in [0.5, 0.6) is 0 Å². The first-order valence-electron chi connectivity index (χ1n) is 5.64. The van der Waals surface area contributed by atoms with Gasteiger partial charge in [-0.25, -0.2) is 0 Å². The third-order valence-electron chi connectivity index (χ3n) is 2.49. The number of carbonyl (C=O) groups is 1. The van der Waals surface area contributed by atoms with Crippen molar-refractivity contribution in [2.75, 3.05) is 5.75 Å². The van der Waals surface area contributed by atoms with E-state index in [-0.39, 0.29) is 5.78 Å². The molecule has 1 aromatic carbocycles. The van der Waals surface area contributed by atoms with Crippen LogP contribution in [0.25, 0.3) is 11.4 Å². The normalized spacial score (nSPS) is 10.2. The van der Waals surface area contributed by atoms with Crippen LogP contribution in [0.4, 0.5) is 0 Å². The predicted molar refractivity (Wildman–Crippen MR) is 72.6 cm³/mol. The molecule has 0 aliphatic carbocycles. The average Bonchev–Trinajstić information content (AvgIpc) is 2.78. The lowest BCUT2D eigenvalue weighted by atomic mass is 10.1.